The number of carbonyl (C=O) groups excluding carboxylic acids is 1. The molecule has 3 nitrogen and oxygen atoms in total. The van der Waals surface area contributed by atoms with E-state index in [-0.39, 0.29) is 0 Å². The van der Waals surface area contributed by atoms with Gasteiger partial charge >= 0.3 is 0 Å². The van der Waals surface area contributed by atoms with E-state index < -0.39 is 0 Å². The Labute approximate surface area is 123 Å². The van der Waals surface area contributed by atoms with Crippen molar-refractivity contribution in [2.75, 3.05) is 19.6 Å². The molecule has 1 aliphatic carbocycles. The molecular formula is C17H30N2O. The maximum Gasteiger partial charge on any atom is 0.226 e. The van der Waals surface area contributed by atoms with Crippen molar-refractivity contribution in [1.29, 1.82) is 0 Å². The van der Waals surface area contributed by atoms with Gasteiger partial charge in [-0.1, -0.05) is 32.1 Å². The lowest BCUT2D eigenvalue weighted by molar-refractivity contribution is -0.137. The molecule has 0 spiro atoms. The predicted molar refractivity (Wildman–Crippen MR) is 81.5 cm³/mol. The fraction of sp³-hybridized carbons (Fsp3) is 0.941. The molecule has 3 fully saturated rings. The zero-order chi connectivity index (χ0) is 13.8. The van der Waals surface area contributed by atoms with Gasteiger partial charge in [0.15, 0.2) is 0 Å². The van der Waals surface area contributed by atoms with Crippen molar-refractivity contribution in [1.82, 2.24) is 10.2 Å². The van der Waals surface area contributed by atoms with E-state index in [1.165, 1.54) is 51.4 Å². The third-order valence-electron chi connectivity index (χ3n) is 5.68. The standard InChI is InChI=1S/C17H30N2O/c20-17(15-8-10-18-11-9-15)19-12-4-7-16(19)13-14-5-2-1-3-6-14/h14-16,18H,1-13H2. The minimum absolute atomic E-state index is 0.309. The lowest BCUT2D eigenvalue weighted by Gasteiger charge is -2.33. The van der Waals surface area contributed by atoms with Crippen molar-refractivity contribution in [2.45, 2.75) is 70.3 Å². The number of hydrogen-bond donors (Lipinski definition) is 1. The van der Waals surface area contributed by atoms with Crippen LogP contribution >= 0.6 is 0 Å². The third kappa shape index (κ3) is 3.36. The van der Waals surface area contributed by atoms with E-state index in [0.29, 0.717) is 17.9 Å². The third-order valence-corrected chi connectivity index (χ3v) is 5.68. The topological polar surface area (TPSA) is 32.3 Å². The summed E-state index contributed by atoms with van der Waals surface area (Å²) in [6, 6.07) is 0.570. The molecule has 1 atom stereocenters. The van der Waals surface area contributed by atoms with Gasteiger partial charge in [0.1, 0.15) is 0 Å². The Hall–Kier alpha value is -0.570. The van der Waals surface area contributed by atoms with Gasteiger partial charge < -0.3 is 10.2 Å². The highest BCUT2D eigenvalue weighted by Gasteiger charge is 2.34. The summed E-state index contributed by atoms with van der Waals surface area (Å²) >= 11 is 0. The number of likely N-dealkylation sites (tertiary alicyclic amines) is 1. The van der Waals surface area contributed by atoms with Crippen LogP contribution < -0.4 is 5.32 Å². The van der Waals surface area contributed by atoms with E-state index >= 15 is 0 Å². The van der Waals surface area contributed by atoms with Crippen LogP contribution in [0.4, 0.5) is 0 Å². The van der Waals surface area contributed by atoms with Crippen LogP contribution in [-0.4, -0.2) is 36.5 Å². The van der Waals surface area contributed by atoms with E-state index in [0.717, 1.165) is 38.4 Å². The molecule has 20 heavy (non-hydrogen) atoms. The molecule has 0 aromatic heterocycles. The van der Waals surface area contributed by atoms with Gasteiger partial charge in [-0.25, -0.2) is 0 Å². The minimum Gasteiger partial charge on any atom is -0.339 e. The Morgan fingerprint density at radius 2 is 1.70 bits per heavy atom. The lowest BCUT2D eigenvalue weighted by Crippen LogP contribution is -2.43. The predicted octanol–water partition coefficient (Wildman–Crippen LogP) is 2.95. The zero-order valence-electron chi connectivity index (χ0n) is 12.8. The molecule has 1 N–H and O–H groups in total. The van der Waals surface area contributed by atoms with Crippen molar-refractivity contribution in [3.63, 3.8) is 0 Å². The Bertz CT molecular complexity index is 319. The number of hydrogen-bond acceptors (Lipinski definition) is 2. The lowest BCUT2D eigenvalue weighted by atomic mass is 9.84. The molecule has 0 aromatic carbocycles. The van der Waals surface area contributed by atoms with Crippen LogP contribution in [0.3, 0.4) is 0 Å². The quantitative estimate of drug-likeness (QED) is 0.861. The number of piperidine rings is 1. The molecule has 0 radical (unpaired) electrons. The highest BCUT2D eigenvalue weighted by atomic mass is 16.2. The second-order valence-electron chi connectivity index (χ2n) is 7.09. The van der Waals surface area contributed by atoms with E-state index in [1.807, 2.05) is 0 Å². The number of nitrogens with zero attached hydrogens (tertiary/aromatic N) is 1. The molecule has 0 bridgehead atoms. The van der Waals surface area contributed by atoms with Crippen LogP contribution in [0, 0.1) is 11.8 Å². The Morgan fingerprint density at radius 1 is 0.950 bits per heavy atom. The van der Waals surface area contributed by atoms with Crippen molar-refractivity contribution >= 4 is 5.91 Å². The fourth-order valence-corrected chi connectivity index (χ4v) is 4.48. The summed E-state index contributed by atoms with van der Waals surface area (Å²) in [7, 11) is 0. The molecule has 1 saturated carbocycles. The van der Waals surface area contributed by atoms with Crippen molar-refractivity contribution in [3.8, 4) is 0 Å². The second kappa shape index (κ2) is 6.93. The SMILES string of the molecule is O=C(C1CCNCC1)N1CCCC1CC1CCCCC1. The monoisotopic (exact) mass is 278 g/mol. The van der Waals surface area contributed by atoms with Gasteiger partial charge in [-0.15, -0.1) is 0 Å². The molecule has 114 valence electrons. The van der Waals surface area contributed by atoms with Crippen LogP contribution in [0.15, 0.2) is 0 Å². The molecule has 3 aliphatic rings. The number of carbonyl (C=O) groups is 1. The van der Waals surface area contributed by atoms with Gasteiger partial charge in [0, 0.05) is 18.5 Å². The van der Waals surface area contributed by atoms with Gasteiger partial charge in [0.25, 0.3) is 0 Å². The molecular weight excluding hydrogens is 248 g/mol. The number of rotatable bonds is 3. The molecule has 0 aromatic rings. The van der Waals surface area contributed by atoms with Gasteiger partial charge in [-0.05, 0) is 51.1 Å². The summed E-state index contributed by atoms with van der Waals surface area (Å²) in [6.07, 6.45) is 12.9. The van der Waals surface area contributed by atoms with Crippen LogP contribution in [-0.2, 0) is 4.79 Å². The largest absolute Gasteiger partial charge is 0.339 e. The van der Waals surface area contributed by atoms with E-state index in [2.05, 4.69) is 10.2 Å². The first kappa shape index (κ1) is 14.4. The highest BCUT2D eigenvalue weighted by molar-refractivity contribution is 5.79. The molecule has 1 unspecified atom stereocenters. The van der Waals surface area contributed by atoms with Gasteiger partial charge in [0.05, 0.1) is 0 Å². The van der Waals surface area contributed by atoms with Crippen LogP contribution in [0.5, 0.6) is 0 Å². The summed E-state index contributed by atoms with van der Waals surface area (Å²) < 4.78 is 0. The van der Waals surface area contributed by atoms with Crippen molar-refractivity contribution in [3.05, 3.63) is 0 Å². The Morgan fingerprint density at radius 3 is 2.45 bits per heavy atom. The second-order valence-corrected chi connectivity index (χ2v) is 7.09. The number of nitrogens with one attached hydrogen (secondary N) is 1. The normalized spacial score (nSPS) is 29.8. The van der Waals surface area contributed by atoms with E-state index in [9.17, 15) is 4.79 Å². The average molecular weight is 278 g/mol. The summed E-state index contributed by atoms with van der Waals surface area (Å²) in [5.74, 6) is 1.68. The molecule has 2 saturated heterocycles. The van der Waals surface area contributed by atoms with Crippen LogP contribution in [0.25, 0.3) is 0 Å². The molecule has 3 rings (SSSR count). The molecule has 2 aliphatic heterocycles. The number of amides is 1. The van der Waals surface area contributed by atoms with Crippen molar-refractivity contribution < 1.29 is 4.79 Å². The first-order valence-electron chi connectivity index (χ1n) is 8.86. The first-order valence-corrected chi connectivity index (χ1v) is 8.86. The van der Waals surface area contributed by atoms with E-state index in [4.69, 9.17) is 0 Å². The van der Waals surface area contributed by atoms with Crippen molar-refractivity contribution in [2.24, 2.45) is 11.8 Å². The zero-order valence-corrected chi connectivity index (χ0v) is 12.8. The summed E-state index contributed by atoms with van der Waals surface area (Å²) in [6.45, 7) is 3.08. The Balaban J connectivity index is 1.55. The first-order chi connectivity index (χ1) is 9.84. The summed E-state index contributed by atoms with van der Waals surface area (Å²) in [5.41, 5.74) is 0. The van der Waals surface area contributed by atoms with Gasteiger partial charge in [-0.3, -0.25) is 4.79 Å². The summed E-state index contributed by atoms with van der Waals surface area (Å²) in [5, 5.41) is 3.37. The smallest absolute Gasteiger partial charge is 0.226 e. The van der Waals surface area contributed by atoms with Crippen LogP contribution in [0.2, 0.25) is 0 Å². The molecule has 3 heteroatoms. The maximum absolute atomic E-state index is 12.8. The summed E-state index contributed by atoms with van der Waals surface area (Å²) in [4.78, 5) is 15.0. The van der Waals surface area contributed by atoms with Gasteiger partial charge in [0.2, 0.25) is 5.91 Å². The van der Waals surface area contributed by atoms with Gasteiger partial charge in [-0.2, -0.15) is 0 Å². The Kier molecular flexibility index (Phi) is 4.98. The fourth-order valence-electron chi connectivity index (χ4n) is 4.48. The minimum atomic E-state index is 0.309. The maximum atomic E-state index is 12.8. The molecule has 2 heterocycles. The molecule has 1 amide bonds. The highest BCUT2D eigenvalue weighted by Crippen LogP contribution is 2.33. The van der Waals surface area contributed by atoms with Crippen LogP contribution in [0.1, 0.15) is 64.2 Å². The average Bonchev–Trinajstić information content (AvgIpc) is 2.96. The van der Waals surface area contributed by atoms with E-state index in [1.54, 1.807) is 0 Å².